The normalized spacial score (nSPS) is 10.4. The molecule has 0 unspecified atom stereocenters. The Morgan fingerprint density at radius 2 is 2.41 bits per heavy atom. The monoisotopic (exact) mass is 250 g/mol. The lowest BCUT2D eigenvalue weighted by molar-refractivity contribution is 0.765. The van der Waals surface area contributed by atoms with Crippen molar-refractivity contribution in [3.05, 3.63) is 34.5 Å². The second kappa shape index (κ2) is 4.42. The highest BCUT2D eigenvalue weighted by Crippen LogP contribution is 2.26. The number of nitrogens with one attached hydrogen (secondary N) is 2. The summed E-state index contributed by atoms with van der Waals surface area (Å²) in [5, 5.41) is 14.1. The average molecular weight is 250 g/mol. The first kappa shape index (κ1) is 11.4. The van der Waals surface area contributed by atoms with Crippen LogP contribution >= 0.6 is 11.8 Å². The number of aromatic amines is 1. The van der Waals surface area contributed by atoms with Crippen molar-refractivity contribution in [2.75, 3.05) is 0 Å². The van der Waals surface area contributed by atoms with Crippen LogP contribution in [0.15, 0.2) is 33.2 Å². The molecule has 2 aromatic rings. The number of amidine groups is 1. The molecule has 0 aliphatic rings. The van der Waals surface area contributed by atoms with Gasteiger partial charge in [0.05, 0.1) is 0 Å². The van der Waals surface area contributed by atoms with Crippen LogP contribution in [0, 0.1) is 5.41 Å². The fraction of sp³-hybridized carbons (Fsp3) is 0.111. The van der Waals surface area contributed by atoms with Crippen molar-refractivity contribution >= 4 is 17.6 Å². The molecule has 2 heterocycles. The summed E-state index contributed by atoms with van der Waals surface area (Å²) in [6, 6.07) is 3.51. The summed E-state index contributed by atoms with van der Waals surface area (Å²) in [7, 11) is 1.61. The highest BCUT2D eigenvalue weighted by Gasteiger charge is 2.11. The Morgan fingerprint density at radius 3 is 3.00 bits per heavy atom. The van der Waals surface area contributed by atoms with Crippen LogP contribution in [-0.2, 0) is 7.05 Å². The van der Waals surface area contributed by atoms with Crippen LogP contribution in [-0.4, -0.2) is 25.6 Å². The molecule has 7 nitrogen and oxygen atoms in total. The van der Waals surface area contributed by atoms with Crippen molar-refractivity contribution in [3.8, 4) is 0 Å². The van der Waals surface area contributed by atoms with Gasteiger partial charge in [0.2, 0.25) is 0 Å². The third-order valence-electron chi connectivity index (χ3n) is 2.07. The van der Waals surface area contributed by atoms with E-state index in [1.165, 1.54) is 16.3 Å². The highest BCUT2D eigenvalue weighted by atomic mass is 32.2. The van der Waals surface area contributed by atoms with Crippen molar-refractivity contribution in [2.45, 2.75) is 10.1 Å². The minimum Gasteiger partial charge on any atom is -0.382 e. The zero-order valence-electron chi connectivity index (χ0n) is 8.97. The molecule has 8 heteroatoms. The predicted octanol–water partition coefficient (Wildman–Crippen LogP) is -0.0613. The maximum atomic E-state index is 11.2. The summed E-state index contributed by atoms with van der Waals surface area (Å²) in [5.74, 6) is -0.117. The molecule has 0 amide bonds. The van der Waals surface area contributed by atoms with Gasteiger partial charge < -0.3 is 5.73 Å². The predicted molar refractivity (Wildman–Crippen MR) is 63.2 cm³/mol. The van der Waals surface area contributed by atoms with Gasteiger partial charge in [-0.05, 0) is 23.9 Å². The van der Waals surface area contributed by atoms with Crippen molar-refractivity contribution in [2.24, 2.45) is 12.8 Å². The smallest absolute Gasteiger partial charge is 0.343 e. The quantitative estimate of drug-likeness (QED) is 0.521. The molecule has 4 N–H and O–H groups in total. The van der Waals surface area contributed by atoms with Crippen molar-refractivity contribution in [1.29, 1.82) is 5.41 Å². The molecule has 0 saturated carbocycles. The molecule has 17 heavy (non-hydrogen) atoms. The van der Waals surface area contributed by atoms with Gasteiger partial charge in [-0.25, -0.2) is 9.89 Å². The molecule has 2 rings (SSSR count). The standard InChI is InChI=1S/C9H10N6OS/c1-15-8(16)13-14-9(15)17-5-3-2-4-12-6(5)7(10)11/h2-4H,1H3,(H3,10,11)(H,13,16). The Balaban J connectivity index is 2.40. The van der Waals surface area contributed by atoms with E-state index in [-0.39, 0.29) is 11.5 Å². The first-order valence-corrected chi connectivity index (χ1v) is 5.50. The third kappa shape index (κ3) is 2.21. The molecule has 88 valence electrons. The SMILES string of the molecule is Cn1c(Sc2cccnc2C(=N)N)n[nH]c1=O. The minimum absolute atomic E-state index is 0.117. The summed E-state index contributed by atoms with van der Waals surface area (Å²) in [5.41, 5.74) is 5.51. The summed E-state index contributed by atoms with van der Waals surface area (Å²) in [4.78, 5) is 15.9. The molecule has 2 aromatic heterocycles. The number of hydrogen-bond acceptors (Lipinski definition) is 5. The molecular formula is C9H10N6OS. The van der Waals surface area contributed by atoms with E-state index in [9.17, 15) is 4.79 Å². The van der Waals surface area contributed by atoms with Crippen LogP contribution in [0.3, 0.4) is 0 Å². The number of aromatic nitrogens is 4. The Hall–Kier alpha value is -2.09. The van der Waals surface area contributed by atoms with E-state index in [1.54, 1.807) is 25.4 Å². The van der Waals surface area contributed by atoms with Gasteiger partial charge in [-0.2, -0.15) is 0 Å². The third-order valence-corrected chi connectivity index (χ3v) is 3.16. The van der Waals surface area contributed by atoms with E-state index >= 15 is 0 Å². The van der Waals surface area contributed by atoms with Crippen molar-refractivity contribution < 1.29 is 0 Å². The number of hydrogen-bond donors (Lipinski definition) is 3. The first-order valence-electron chi connectivity index (χ1n) is 4.68. The van der Waals surface area contributed by atoms with E-state index < -0.39 is 0 Å². The Kier molecular flexibility index (Phi) is 2.96. The van der Waals surface area contributed by atoms with E-state index in [2.05, 4.69) is 15.2 Å². The maximum absolute atomic E-state index is 11.2. The molecule has 0 aliphatic carbocycles. The molecule has 0 spiro atoms. The molecule has 0 aromatic carbocycles. The van der Waals surface area contributed by atoms with Crippen LogP contribution in [0.4, 0.5) is 0 Å². The van der Waals surface area contributed by atoms with E-state index in [4.69, 9.17) is 11.1 Å². The molecule has 0 radical (unpaired) electrons. The van der Waals surface area contributed by atoms with Gasteiger partial charge in [0.15, 0.2) is 5.16 Å². The fourth-order valence-electron chi connectivity index (χ4n) is 1.20. The zero-order chi connectivity index (χ0) is 12.4. The first-order chi connectivity index (χ1) is 8.09. The number of rotatable bonds is 3. The number of H-pyrrole nitrogens is 1. The Labute approximate surface area is 101 Å². The lowest BCUT2D eigenvalue weighted by atomic mass is 10.3. The van der Waals surface area contributed by atoms with Crippen LogP contribution in [0.5, 0.6) is 0 Å². The lowest BCUT2D eigenvalue weighted by Gasteiger charge is -2.04. The molecule has 0 bridgehead atoms. The van der Waals surface area contributed by atoms with Gasteiger partial charge in [0.1, 0.15) is 11.5 Å². The molecular weight excluding hydrogens is 240 g/mol. The number of nitrogens with two attached hydrogens (primary N) is 1. The number of nitrogen functional groups attached to an aromatic ring is 1. The van der Waals surface area contributed by atoms with Crippen LogP contribution in [0.2, 0.25) is 0 Å². The highest BCUT2D eigenvalue weighted by molar-refractivity contribution is 7.99. The average Bonchev–Trinajstić information content (AvgIpc) is 2.61. The summed E-state index contributed by atoms with van der Waals surface area (Å²) >= 11 is 1.23. The van der Waals surface area contributed by atoms with E-state index in [0.29, 0.717) is 15.7 Å². The van der Waals surface area contributed by atoms with Gasteiger partial charge in [-0.3, -0.25) is 15.0 Å². The van der Waals surface area contributed by atoms with Crippen LogP contribution in [0.25, 0.3) is 0 Å². The molecule has 0 aliphatic heterocycles. The largest absolute Gasteiger partial charge is 0.382 e. The second-order valence-electron chi connectivity index (χ2n) is 3.24. The van der Waals surface area contributed by atoms with Crippen molar-refractivity contribution in [3.63, 3.8) is 0 Å². The van der Waals surface area contributed by atoms with Crippen LogP contribution in [0.1, 0.15) is 5.69 Å². The molecule has 0 fully saturated rings. The summed E-state index contributed by atoms with van der Waals surface area (Å²) in [6.07, 6.45) is 1.56. The minimum atomic E-state index is -0.291. The number of pyridine rings is 1. The lowest BCUT2D eigenvalue weighted by Crippen LogP contribution is -2.15. The van der Waals surface area contributed by atoms with Crippen LogP contribution < -0.4 is 11.4 Å². The van der Waals surface area contributed by atoms with Gasteiger partial charge in [0, 0.05) is 18.1 Å². The topological polar surface area (TPSA) is 113 Å². The Bertz CT molecular complexity index is 616. The Morgan fingerprint density at radius 1 is 1.65 bits per heavy atom. The van der Waals surface area contributed by atoms with Gasteiger partial charge >= 0.3 is 5.69 Å². The van der Waals surface area contributed by atoms with Gasteiger partial charge in [-0.15, -0.1) is 5.10 Å². The van der Waals surface area contributed by atoms with Gasteiger partial charge in [-0.1, -0.05) is 0 Å². The van der Waals surface area contributed by atoms with E-state index in [0.717, 1.165) is 0 Å². The zero-order valence-corrected chi connectivity index (χ0v) is 9.78. The number of nitrogens with zero attached hydrogens (tertiary/aromatic N) is 3. The maximum Gasteiger partial charge on any atom is 0.343 e. The summed E-state index contributed by atoms with van der Waals surface area (Å²) < 4.78 is 1.38. The van der Waals surface area contributed by atoms with E-state index in [1.807, 2.05) is 0 Å². The summed E-state index contributed by atoms with van der Waals surface area (Å²) in [6.45, 7) is 0. The van der Waals surface area contributed by atoms with Gasteiger partial charge in [0.25, 0.3) is 0 Å². The fourth-order valence-corrected chi connectivity index (χ4v) is 2.11. The van der Waals surface area contributed by atoms with Crippen molar-refractivity contribution in [1.82, 2.24) is 19.7 Å². The molecule has 0 saturated heterocycles. The second-order valence-corrected chi connectivity index (χ2v) is 4.25. The molecule has 0 atom stereocenters.